The highest BCUT2D eigenvalue weighted by atomic mass is 19.4. The van der Waals surface area contributed by atoms with Crippen LogP contribution in [-0.4, -0.2) is 6.61 Å². The SMILES string of the molecule is N#CCOc1ccc([C@@H]2Nc3c(cccc3C(F)(F)F)[C@@H]3C=CC[C@@H]32)cc1. The quantitative estimate of drug-likeness (QED) is 0.733. The molecule has 0 aromatic heterocycles. The lowest BCUT2D eigenvalue weighted by Gasteiger charge is -2.38. The Morgan fingerprint density at radius 1 is 1.15 bits per heavy atom. The minimum absolute atomic E-state index is 0.0388. The first kappa shape index (κ1) is 17.5. The number of benzene rings is 2. The van der Waals surface area contributed by atoms with Crippen molar-refractivity contribution < 1.29 is 17.9 Å². The maximum atomic E-state index is 13.5. The molecule has 1 aliphatic carbocycles. The molecule has 2 aromatic carbocycles. The third-order valence-corrected chi connectivity index (χ3v) is 5.24. The number of hydrogen-bond donors (Lipinski definition) is 1. The Balaban J connectivity index is 1.72. The van der Waals surface area contributed by atoms with E-state index in [4.69, 9.17) is 10.00 Å². The lowest BCUT2D eigenvalue weighted by molar-refractivity contribution is -0.137. The van der Waals surface area contributed by atoms with Gasteiger partial charge in [0, 0.05) is 5.92 Å². The van der Waals surface area contributed by atoms with Gasteiger partial charge in [-0.15, -0.1) is 0 Å². The van der Waals surface area contributed by atoms with E-state index in [0.717, 1.165) is 18.1 Å². The molecule has 27 heavy (non-hydrogen) atoms. The van der Waals surface area contributed by atoms with Crippen LogP contribution in [0.2, 0.25) is 0 Å². The summed E-state index contributed by atoms with van der Waals surface area (Å²) in [6.07, 6.45) is 0.462. The molecule has 0 saturated carbocycles. The number of anilines is 1. The molecule has 0 saturated heterocycles. The minimum Gasteiger partial charge on any atom is -0.479 e. The zero-order valence-electron chi connectivity index (χ0n) is 14.3. The second-order valence-electron chi connectivity index (χ2n) is 6.76. The van der Waals surface area contributed by atoms with Gasteiger partial charge in [-0.1, -0.05) is 36.4 Å². The summed E-state index contributed by atoms with van der Waals surface area (Å²) in [5.74, 6) is 0.684. The molecule has 1 N–H and O–H groups in total. The van der Waals surface area contributed by atoms with Gasteiger partial charge in [-0.05, 0) is 41.7 Å². The van der Waals surface area contributed by atoms with Crippen LogP contribution < -0.4 is 10.1 Å². The molecule has 0 fully saturated rings. The van der Waals surface area contributed by atoms with E-state index in [9.17, 15) is 13.2 Å². The van der Waals surface area contributed by atoms with Gasteiger partial charge in [0.05, 0.1) is 17.3 Å². The number of rotatable bonds is 3. The van der Waals surface area contributed by atoms with E-state index in [1.807, 2.05) is 30.4 Å². The van der Waals surface area contributed by atoms with Gasteiger partial charge >= 0.3 is 6.18 Å². The van der Waals surface area contributed by atoms with Crippen molar-refractivity contribution in [3.05, 3.63) is 71.3 Å². The van der Waals surface area contributed by atoms with Gasteiger partial charge in [0.2, 0.25) is 0 Å². The monoisotopic (exact) mass is 370 g/mol. The predicted molar refractivity (Wildman–Crippen MR) is 95.3 cm³/mol. The number of nitriles is 1. The summed E-state index contributed by atoms with van der Waals surface area (Å²) in [5, 5.41) is 11.8. The fraction of sp³-hybridized carbons (Fsp3) is 0.286. The van der Waals surface area contributed by atoms with E-state index in [-0.39, 0.29) is 30.2 Å². The summed E-state index contributed by atoms with van der Waals surface area (Å²) in [4.78, 5) is 0. The Morgan fingerprint density at radius 3 is 2.63 bits per heavy atom. The highest BCUT2D eigenvalue weighted by molar-refractivity contribution is 5.65. The van der Waals surface area contributed by atoms with Crippen LogP contribution >= 0.6 is 0 Å². The van der Waals surface area contributed by atoms with Gasteiger partial charge in [0.15, 0.2) is 6.61 Å². The van der Waals surface area contributed by atoms with Crippen molar-refractivity contribution in [3.8, 4) is 11.8 Å². The van der Waals surface area contributed by atoms with E-state index in [0.29, 0.717) is 11.3 Å². The van der Waals surface area contributed by atoms with Crippen LogP contribution in [0, 0.1) is 17.2 Å². The third-order valence-electron chi connectivity index (χ3n) is 5.24. The summed E-state index contributed by atoms with van der Waals surface area (Å²) in [6.45, 7) is -0.0437. The number of nitrogens with one attached hydrogen (secondary N) is 1. The van der Waals surface area contributed by atoms with E-state index in [2.05, 4.69) is 5.32 Å². The second-order valence-corrected chi connectivity index (χ2v) is 6.76. The van der Waals surface area contributed by atoms with Crippen molar-refractivity contribution in [1.82, 2.24) is 0 Å². The summed E-state index contributed by atoms with van der Waals surface area (Å²) >= 11 is 0. The normalized spacial score (nSPS) is 23.1. The first-order valence-electron chi connectivity index (χ1n) is 8.72. The molecular weight excluding hydrogens is 353 g/mol. The standard InChI is InChI=1S/C21H17F3N2O/c22-21(23,24)18-6-2-5-17-15-3-1-4-16(15)19(26-20(17)18)13-7-9-14(10-8-13)27-12-11-25/h1-3,5-10,15-16,19,26H,4,12H2/t15-,16+,19+/m1/s1. The van der Waals surface area contributed by atoms with Crippen molar-refractivity contribution in [3.63, 3.8) is 0 Å². The van der Waals surface area contributed by atoms with E-state index >= 15 is 0 Å². The number of para-hydroxylation sites is 1. The predicted octanol–water partition coefficient (Wildman–Crippen LogP) is 5.43. The second kappa shape index (κ2) is 6.66. The zero-order chi connectivity index (χ0) is 19.0. The Kier molecular flexibility index (Phi) is 4.31. The molecule has 138 valence electrons. The maximum Gasteiger partial charge on any atom is 0.418 e. The number of ether oxygens (including phenoxy) is 1. The van der Waals surface area contributed by atoms with Crippen LogP contribution in [0.25, 0.3) is 0 Å². The van der Waals surface area contributed by atoms with Gasteiger partial charge in [-0.3, -0.25) is 0 Å². The van der Waals surface area contributed by atoms with Crippen molar-refractivity contribution in [2.45, 2.75) is 24.6 Å². The highest BCUT2D eigenvalue weighted by Crippen LogP contribution is 2.52. The smallest absolute Gasteiger partial charge is 0.418 e. The van der Waals surface area contributed by atoms with Crippen LogP contribution in [0.4, 0.5) is 18.9 Å². The number of nitrogens with zero attached hydrogens (tertiary/aromatic N) is 1. The Bertz CT molecular complexity index is 913. The summed E-state index contributed by atoms with van der Waals surface area (Å²) < 4.78 is 45.8. The highest BCUT2D eigenvalue weighted by Gasteiger charge is 2.42. The zero-order valence-corrected chi connectivity index (χ0v) is 14.3. The molecule has 0 unspecified atom stereocenters. The molecule has 4 rings (SSSR count). The molecule has 1 aliphatic heterocycles. The number of hydrogen-bond acceptors (Lipinski definition) is 3. The maximum absolute atomic E-state index is 13.5. The largest absolute Gasteiger partial charge is 0.479 e. The fourth-order valence-corrected chi connectivity index (χ4v) is 4.07. The Labute approximate surface area is 155 Å². The topological polar surface area (TPSA) is 45.0 Å². The third kappa shape index (κ3) is 3.14. The molecular formula is C21H17F3N2O. The lowest BCUT2D eigenvalue weighted by atomic mass is 9.76. The summed E-state index contributed by atoms with van der Waals surface area (Å²) in [5.41, 5.74) is 1.15. The Morgan fingerprint density at radius 2 is 1.93 bits per heavy atom. The molecule has 0 radical (unpaired) electrons. The number of halogens is 3. The van der Waals surface area contributed by atoms with E-state index in [1.54, 1.807) is 18.2 Å². The lowest BCUT2D eigenvalue weighted by Crippen LogP contribution is -2.30. The minimum atomic E-state index is -4.41. The van der Waals surface area contributed by atoms with Gasteiger partial charge in [0.25, 0.3) is 0 Å². The average molecular weight is 370 g/mol. The van der Waals surface area contributed by atoms with Gasteiger partial charge < -0.3 is 10.1 Å². The molecule has 1 heterocycles. The van der Waals surface area contributed by atoms with Crippen molar-refractivity contribution in [2.24, 2.45) is 5.92 Å². The van der Waals surface area contributed by atoms with Gasteiger partial charge in [-0.2, -0.15) is 18.4 Å². The van der Waals surface area contributed by atoms with Crippen molar-refractivity contribution >= 4 is 5.69 Å². The van der Waals surface area contributed by atoms with Crippen molar-refractivity contribution in [2.75, 3.05) is 11.9 Å². The number of alkyl halides is 3. The molecule has 0 spiro atoms. The van der Waals surface area contributed by atoms with Crippen molar-refractivity contribution in [1.29, 1.82) is 5.26 Å². The van der Waals surface area contributed by atoms with Crippen LogP contribution in [-0.2, 0) is 6.18 Å². The summed E-state index contributed by atoms with van der Waals surface area (Å²) in [7, 11) is 0. The van der Waals surface area contributed by atoms with Gasteiger partial charge in [0.1, 0.15) is 11.8 Å². The summed E-state index contributed by atoms with van der Waals surface area (Å²) in [6, 6.07) is 13.2. The molecule has 0 bridgehead atoms. The van der Waals surface area contributed by atoms with E-state index in [1.165, 1.54) is 6.07 Å². The average Bonchev–Trinajstić information content (AvgIpc) is 3.15. The fourth-order valence-electron chi connectivity index (χ4n) is 4.07. The molecule has 2 aromatic rings. The number of fused-ring (bicyclic) bond motifs is 3. The first-order chi connectivity index (χ1) is 13.0. The van der Waals surface area contributed by atoms with Crippen LogP contribution in [0.1, 0.15) is 35.1 Å². The molecule has 6 heteroatoms. The van der Waals surface area contributed by atoms with E-state index < -0.39 is 11.7 Å². The molecule has 3 nitrogen and oxygen atoms in total. The Hall–Kier alpha value is -2.94. The molecule has 0 amide bonds. The number of allylic oxidation sites excluding steroid dienone is 2. The van der Waals surface area contributed by atoms with Crippen LogP contribution in [0.5, 0.6) is 5.75 Å². The van der Waals surface area contributed by atoms with Crippen LogP contribution in [0.3, 0.4) is 0 Å². The molecule has 2 aliphatic rings. The van der Waals surface area contributed by atoms with Gasteiger partial charge in [-0.25, -0.2) is 0 Å². The molecule has 3 atom stereocenters. The van der Waals surface area contributed by atoms with Crippen LogP contribution in [0.15, 0.2) is 54.6 Å². The first-order valence-corrected chi connectivity index (χ1v) is 8.72.